The number of hydrogen-bond donors (Lipinski definition) is 3. The Morgan fingerprint density at radius 2 is 1.95 bits per heavy atom. The largest absolute Gasteiger partial charge is 0.323 e. The number of thiophene rings is 1. The summed E-state index contributed by atoms with van der Waals surface area (Å²) >= 11 is 5.34. The van der Waals surface area contributed by atoms with Gasteiger partial charge in [-0.05, 0) is 53.1 Å². The number of aryl methyl sites for hydroxylation is 1. The van der Waals surface area contributed by atoms with Crippen molar-refractivity contribution in [1.82, 2.24) is 15.3 Å². The van der Waals surface area contributed by atoms with Crippen LogP contribution >= 0.6 is 27.3 Å². The normalized spacial score (nSPS) is 12.9. The van der Waals surface area contributed by atoms with Crippen LogP contribution in [0.4, 0.5) is 0 Å². The van der Waals surface area contributed by atoms with Crippen molar-refractivity contribution >= 4 is 38.3 Å². The monoisotopic (exact) mass is 365 g/mol. The molecule has 6 heteroatoms. The van der Waals surface area contributed by atoms with Gasteiger partial charge < -0.3 is 15.3 Å². The van der Waals surface area contributed by atoms with Gasteiger partial charge in [-0.15, -0.1) is 0 Å². The number of H-pyrrole nitrogens is 2. The van der Waals surface area contributed by atoms with E-state index in [9.17, 15) is 4.79 Å². The number of nitrogens with one attached hydrogen (secondary N) is 3. The predicted octanol–water partition coefficient (Wildman–Crippen LogP) is 3.69. The summed E-state index contributed by atoms with van der Waals surface area (Å²) in [6.45, 7) is 5.09. The lowest BCUT2D eigenvalue weighted by Crippen LogP contribution is -2.22. The van der Waals surface area contributed by atoms with E-state index in [4.69, 9.17) is 0 Å². The molecule has 3 rings (SSSR count). The van der Waals surface area contributed by atoms with Crippen LogP contribution in [0.1, 0.15) is 29.7 Å². The Bertz CT molecular complexity index is 833. The highest BCUT2D eigenvalue weighted by Gasteiger charge is 2.19. The molecule has 0 saturated heterocycles. The van der Waals surface area contributed by atoms with E-state index in [0.717, 1.165) is 27.6 Å². The molecular formula is C15H16BrN3OS. The lowest BCUT2D eigenvalue weighted by atomic mass is 9.98. The molecule has 3 aromatic rings. The molecule has 0 aliphatic rings. The Labute approximate surface area is 134 Å². The van der Waals surface area contributed by atoms with Gasteiger partial charge in [0.05, 0.1) is 17.1 Å². The number of halogens is 1. The Morgan fingerprint density at radius 1 is 1.24 bits per heavy atom. The van der Waals surface area contributed by atoms with Gasteiger partial charge in [0, 0.05) is 4.47 Å². The fourth-order valence-corrected chi connectivity index (χ4v) is 4.00. The van der Waals surface area contributed by atoms with Crippen molar-refractivity contribution in [3.63, 3.8) is 0 Å². The average Bonchev–Trinajstić information content (AvgIpc) is 3.00. The highest BCUT2D eigenvalue weighted by Crippen LogP contribution is 2.33. The van der Waals surface area contributed by atoms with E-state index >= 15 is 0 Å². The van der Waals surface area contributed by atoms with Crippen molar-refractivity contribution in [2.75, 3.05) is 6.54 Å². The van der Waals surface area contributed by atoms with Crippen molar-refractivity contribution in [3.05, 3.63) is 54.5 Å². The summed E-state index contributed by atoms with van der Waals surface area (Å²) < 4.78 is 0.988. The Morgan fingerprint density at radius 3 is 2.57 bits per heavy atom. The minimum absolute atomic E-state index is 0.110. The summed E-state index contributed by atoms with van der Waals surface area (Å²) in [4.78, 5) is 17.1. The first-order valence-corrected chi connectivity index (χ1v) is 8.51. The quantitative estimate of drug-likeness (QED) is 0.660. The van der Waals surface area contributed by atoms with Crippen LogP contribution in [0.2, 0.25) is 0 Å². The van der Waals surface area contributed by atoms with E-state index in [1.54, 1.807) is 11.3 Å². The minimum atomic E-state index is -0.180. The summed E-state index contributed by atoms with van der Waals surface area (Å²) in [6, 6.07) is 4.09. The lowest BCUT2D eigenvalue weighted by Gasteiger charge is -2.20. The molecule has 1 atom stereocenters. The van der Waals surface area contributed by atoms with Gasteiger partial charge in [-0.25, -0.2) is 4.79 Å². The number of hydrogen-bond acceptors (Lipinski definition) is 3. The number of imidazole rings is 1. The molecule has 0 aliphatic heterocycles. The number of aromatic amines is 2. The summed E-state index contributed by atoms with van der Waals surface area (Å²) in [5, 5.41) is 7.87. The van der Waals surface area contributed by atoms with Gasteiger partial charge in [-0.2, -0.15) is 11.3 Å². The smallest absolute Gasteiger partial charge is 0.306 e. The second kappa shape index (κ2) is 5.79. The van der Waals surface area contributed by atoms with Crippen molar-refractivity contribution < 1.29 is 0 Å². The van der Waals surface area contributed by atoms with Crippen LogP contribution in [-0.2, 0) is 0 Å². The number of aromatic nitrogens is 2. The van der Waals surface area contributed by atoms with Crippen LogP contribution in [0.25, 0.3) is 11.0 Å². The SMILES string of the molecule is CCNC(c1cscc1C)c1cc2[nH]c(=O)[nH]c2cc1Br. The summed E-state index contributed by atoms with van der Waals surface area (Å²) in [5.74, 6) is 0. The first kappa shape index (κ1) is 14.6. The van der Waals surface area contributed by atoms with Crippen molar-refractivity contribution in [1.29, 1.82) is 0 Å². The van der Waals surface area contributed by atoms with Gasteiger partial charge >= 0.3 is 5.69 Å². The van der Waals surface area contributed by atoms with Crippen molar-refractivity contribution in [2.45, 2.75) is 19.9 Å². The number of rotatable bonds is 4. The van der Waals surface area contributed by atoms with E-state index < -0.39 is 0 Å². The third-order valence-corrected chi connectivity index (χ3v) is 5.13. The van der Waals surface area contributed by atoms with Crippen molar-refractivity contribution in [2.24, 2.45) is 0 Å². The van der Waals surface area contributed by atoms with E-state index in [1.807, 2.05) is 12.1 Å². The van der Waals surface area contributed by atoms with Crippen LogP contribution in [0.5, 0.6) is 0 Å². The molecule has 110 valence electrons. The van der Waals surface area contributed by atoms with Gasteiger partial charge in [0.15, 0.2) is 0 Å². The van der Waals surface area contributed by atoms with Crippen LogP contribution < -0.4 is 11.0 Å². The van der Waals surface area contributed by atoms with Gasteiger partial charge in [0.2, 0.25) is 0 Å². The average molecular weight is 366 g/mol. The third kappa shape index (κ3) is 2.71. The zero-order chi connectivity index (χ0) is 15.0. The lowest BCUT2D eigenvalue weighted by molar-refractivity contribution is 0.628. The Hall–Kier alpha value is -1.37. The fraction of sp³-hybridized carbons (Fsp3) is 0.267. The van der Waals surface area contributed by atoms with Gasteiger partial charge in [0.1, 0.15) is 0 Å². The number of benzene rings is 1. The standard InChI is InChI=1S/C15H16BrN3OS/c1-3-17-14(10-7-21-6-8(10)2)9-4-12-13(5-11(9)16)19-15(20)18-12/h4-7,14,17H,3H2,1-2H3,(H2,18,19,20). The van der Waals surface area contributed by atoms with Gasteiger partial charge in [0.25, 0.3) is 0 Å². The Balaban J connectivity index is 2.17. The van der Waals surface area contributed by atoms with E-state index in [2.05, 4.69) is 55.8 Å². The molecule has 0 saturated carbocycles. The minimum Gasteiger partial charge on any atom is -0.306 e. The molecule has 4 nitrogen and oxygen atoms in total. The molecule has 0 fully saturated rings. The second-order valence-corrected chi connectivity index (χ2v) is 6.60. The van der Waals surface area contributed by atoms with Gasteiger partial charge in [-0.1, -0.05) is 22.9 Å². The van der Waals surface area contributed by atoms with Crippen LogP contribution in [0.15, 0.2) is 32.2 Å². The van der Waals surface area contributed by atoms with Crippen LogP contribution in [0.3, 0.4) is 0 Å². The molecule has 2 heterocycles. The summed E-state index contributed by atoms with van der Waals surface area (Å²) in [6.07, 6.45) is 0. The zero-order valence-electron chi connectivity index (χ0n) is 11.8. The van der Waals surface area contributed by atoms with Crippen LogP contribution in [0, 0.1) is 6.92 Å². The molecular weight excluding hydrogens is 350 g/mol. The fourth-order valence-electron chi connectivity index (χ4n) is 2.55. The zero-order valence-corrected chi connectivity index (χ0v) is 14.2. The molecule has 0 bridgehead atoms. The predicted molar refractivity (Wildman–Crippen MR) is 91.2 cm³/mol. The highest BCUT2D eigenvalue weighted by atomic mass is 79.9. The molecule has 0 aliphatic carbocycles. The maximum absolute atomic E-state index is 11.4. The maximum Gasteiger partial charge on any atom is 0.323 e. The first-order valence-electron chi connectivity index (χ1n) is 6.77. The molecule has 21 heavy (non-hydrogen) atoms. The van der Waals surface area contributed by atoms with Crippen molar-refractivity contribution in [3.8, 4) is 0 Å². The topological polar surface area (TPSA) is 60.7 Å². The molecule has 3 N–H and O–H groups in total. The number of fused-ring (bicyclic) bond motifs is 1. The van der Waals surface area contributed by atoms with E-state index in [1.165, 1.54) is 11.1 Å². The van der Waals surface area contributed by atoms with Crippen LogP contribution in [-0.4, -0.2) is 16.5 Å². The third-order valence-electron chi connectivity index (χ3n) is 3.56. The summed E-state index contributed by atoms with van der Waals surface area (Å²) in [5.41, 5.74) is 5.14. The molecule has 0 amide bonds. The Kier molecular flexibility index (Phi) is 4.01. The maximum atomic E-state index is 11.4. The van der Waals surface area contributed by atoms with Gasteiger partial charge in [-0.3, -0.25) is 0 Å². The molecule has 1 unspecified atom stereocenters. The molecule has 0 radical (unpaired) electrons. The summed E-state index contributed by atoms with van der Waals surface area (Å²) in [7, 11) is 0. The first-order chi connectivity index (χ1) is 10.1. The van der Waals surface area contributed by atoms with E-state index in [0.29, 0.717) is 0 Å². The molecule has 2 aromatic heterocycles. The van der Waals surface area contributed by atoms with E-state index in [-0.39, 0.29) is 11.7 Å². The molecule has 1 aromatic carbocycles. The second-order valence-electron chi connectivity index (χ2n) is 5.00. The molecule has 0 spiro atoms. The highest BCUT2D eigenvalue weighted by molar-refractivity contribution is 9.10.